The van der Waals surface area contributed by atoms with Crippen LogP contribution < -0.4 is 10.1 Å². The third-order valence-corrected chi connectivity index (χ3v) is 3.20. The molecule has 0 spiro atoms. The number of aromatic hydroxyl groups is 1. The summed E-state index contributed by atoms with van der Waals surface area (Å²) in [4.78, 5) is 0. The minimum atomic E-state index is 0.0298. The van der Waals surface area contributed by atoms with Crippen LogP contribution in [0.25, 0.3) is 0 Å². The van der Waals surface area contributed by atoms with E-state index in [1.165, 1.54) is 7.11 Å². The number of rotatable bonds is 5. The van der Waals surface area contributed by atoms with Gasteiger partial charge < -0.3 is 15.2 Å². The van der Waals surface area contributed by atoms with Gasteiger partial charge >= 0.3 is 0 Å². The van der Waals surface area contributed by atoms with E-state index in [1.807, 2.05) is 0 Å². The molecule has 0 aromatic heterocycles. The first-order valence-corrected chi connectivity index (χ1v) is 6.08. The molecule has 0 aliphatic heterocycles. The molecule has 0 unspecified atom stereocenters. The monoisotopic (exact) mass is 257 g/mol. The lowest BCUT2D eigenvalue weighted by Gasteiger charge is -2.25. The van der Waals surface area contributed by atoms with Gasteiger partial charge in [0, 0.05) is 28.7 Å². The molecule has 0 aliphatic rings. The summed E-state index contributed by atoms with van der Waals surface area (Å²) >= 11 is 5.97. The normalized spacial score (nSPS) is 11.6. The summed E-state index contributed by atoms with van der Waals surface area (Å²) in [5.74, 6) is 0.555. The Kier molecular flexibility index (Phi) is 4.66. The van der Waals surface area contributed by atoms with Crippen LogP contribution in [-0.4, -0.2) is 17.8 Å². The summed E-state index contributed by atoms with van der Waals surface area (Å²) in [6, 6.07) is 3.35. The average Bonchev–Trinajstić information content (AvgIpc) is 2.30. The maximum Gasteiger partial charge on any atom is 0.162 e. The van der Waals surface area contributed by atoms with Crippen molar-refractivity contribution in [2.75, 3.05) is 7.11 Å². The molecule has 2 N–H and O–H groups in total. The number of hydrogen-bond acceptors (Lipinski definition) is 3. The lowest BCUT2D eigenvalue weighted by atomic mass is 10.0. The Hall–Kier alpha value is -0.930. The topological polar surface area (TPSA) is 41.5 Å². The molecule has 0 amide bonds. The highest BCUT2D eigenvalue weighted by Gasteiger charge is 2.16. The average molecular weight is 258 g/mol. The first kappa shape index (κ1) is 14.1. The van der Waals surface area contributed by atoms with Gasteiger partial charge in [-0.15, -0.1) is 0 Å². The molecule has 1 aromatic carbocycles. The van der Waals surface area contributed by atoms with Gasteiger partial charge in [-0.3, -0.25) is 0 Å². The van der Waals surface area contributed by atoms with E-state index in [0.717, 1.165) is 12.0 Å². The van der Waals surface area contributed by atoms with Crippen LogP contribution in [0.3, 0.4) is 0 Å². The molecule has 0 saturated carbocycles. The van der Waals surface area contributed by atoms with Crippen molar-refractivity contribution >= 4 is 11.6 Å². The highest BCUT2D eigenvalue weighted by Crippen LogP contribution is 2.33. The van der Waals surface area contributed by atoms with E-state index in [-0.39, 0.29) is 11.3 Å². The molecule has 96 valence electrons. The van der Waals surface area contributed by atoms with E-state index in [0.29, 0.717) is 17.3 Å². The van der Waals surface area contributed by atoms with Crippen LogP contribution in [0.15, 0.2) is 12.1 Å². The third-order valence-electron chi connectivity index (χ3n) is 2.98. The van der Waals surface area contributed by atoms with Gasteiger partial charge in [0.15, 0.2) is 11.5 Å². The van der Waals surface area contributed by atoms with Crippen molar-refractivity contribution in [1.29, 1.82) is 0 Å². The predicted molar refractivity (Wildman–Crippen MR) is 70.9 cm³/mol. The molecule has 0 saturated heterocycles. The Bertz CT molecular complexity index is 391. The summed E-state index contributed by atoms with van der Waals surface area (Å²) in [5, 5.41) is 13.9. The number of methoxy groups -OCH3 is 1. The zero-order valence-corrected chi connectivity index (χ0v) is 11.6. The van der Waals surface area contributed by atoms with Crippen molar-refractivity contribution < 1.29 is 9.84 Å². The molecular formula is C13H20ClNO2. The second-order valence-electron chi connectivity index (χ2n) is 4.71. The minimum absolute atomic E-state index is 0.0298. The smallest absolute Gasteiger partial charge is 0.162 e. The van der Waals surface area contributed by atoms with Gasteiger partial charge in [-0.25, -0.2) is 0 Å². The molecule has 3 nitrogen and oxygen atoms in total. The molecule has 0 radical (unpaired) electrons. The minimum Gasteiger partial charge on any atom is -0.504 e. The fourth-order valence-corrected chi connectivity index (χ4v) is 1.61. The Labute approximate surface area is 108 Å². The fraction of sp³-hybridized carbons (Fsp3) is 0.538. The Morgan fingerprint density at radius 1 is 1.41 bits per heavy atom. The van der Waals surface area contributed by atoms with Crippen LogP contribution >= 0.6 is 11.6 Å². The van der Waals surface area contributed by atoms with E-state index < -0.39 is 0 Å². The summed E-state index contributed by atoms with van der Waals surface area (Å²) < 4.78 is 5.06. The van der Waals surface area contributed by atoms with Crippen molar-refractivity contribution in [3.8, 4) is 11.5 Å². The molecule has 1 aromatic rings. The van der Waals surface area contributed by atoms with E-state index >= 15 is 0 Å². The van der Waals surface area contributed by atoms with Crippen molar-refractivity contribution in [3.05, 3.63) is 22.7 Å². The van der Waals surface area contributed by atoms with Gasteiger partial charge in [0.05, 0.1) is 7.11 Å². The SMILES string of the molecule is CCC(C)(C)NCc1cc(Cl)cc(OC)c1O. The van der Waals surface area contributed by atoms with Crippen molar-refractivity contribution in [1.82, 2.24) is 5.32 Å². The van der Waals surface area contributed by atoms with Crippen LogP contribution in [0.2, 0.25) is 5.02 Å². The number of hydrogen-bond donors (Lipinski definition) is 2. The Balaban J connectivity index is 2.88. The summed E-state index contributed by atoms with van der Waals surface area (Å²) in [6.07, 6.45) is 1.01. The lowest BCUT2D eigenvalue weighted by Crippen LogP contribution is -2.37. The van der Waals surface area contributed by atoms with Gasteiger partial charge in [0.25, 0.3) is 0 Å². The number of benzene rings is 1. The number of phenols is 1. The molecule has 17 heavy (non-hydrogen) atoms. The van der Waals surface area contributed by atoms with Crippen LogP contribution in [0.1, 0.15) is 32.8 Å². The Morgan fingerprint density at radius 2 is 2.06 bits per heavy atom. The number of halogens is 1. The van der Waals surface area contributed by atoms with Crippen LogP contribution in [-0.2, 0) is 6.54 Å². The molecule has 0 heterocycles. The summed E-state index contributed by atoms with van der Waals surface area (Å²) in [6.45, 7) is 6.91. The molecule has 0 fully saturated rings. The highest BCUT2D eigenvalue weighted by atomic mass is 35.5. The second kappa shape index (κ2) is 5.61. The van der Waals surface area contributed by atoms with E-state index in [4.69, 9.17) is 16.3 Å². The standard InChI is InChI=1S/C13H20ClNO2/c1-5-13(2,3)15-8-9-6-10(14)7-11(17-4)12(9)16/h6-7,15-16H,5,8H2,1-4H3. The molecule has 1 rings (SSSR count). The van der Waals surface area contributed by atoms with Crippen molar-refractivity contribution in [3.63, 3.8) is 0 Å². The van der Waals surface area contributed by atoms with Crippen molar-refractivity contribution in [2.24, 2.45) is 0 Å². The number of ether oxygens (including phenoxy) is 1. The molecule has 4 heteroatoms. The quantitative estimate of drug-likeness (QED) is 0.850. The zero-order valence-electron chi connectivity index (χ0n) is 10.8. The van der Waals surface area contributed by atoms with Gasteiger partial charge in [0.2, 0.25) is 0 Å². The van der Waals surface area contributed by atoms with Gasteiger partial charge in [-0.1, -0.05) is 18.5 Å². The maximum absolute atomic E-state index is 9.96. The zero-order chi connectivity index (χ0) is 13.1. The first-order chi connectivity index (χ1) is 7.89. The van der Waals surface area contributed by atoms with Crippen molar-refractivity contribution in [2.45, 2.75) is 39.3 Å². The molecular weight excluding hydrogens is 238 g/mol. The van der Waals surface area contributed by atoms with Crippen LogP contribution in [0, 0.1) is 0 Å². The summed E-state index contributed by atoms with van der Waals surface area (Å²) in [5.41, 5.74) is 0.776. The van der Waals surface area contributed by atoms with Crippen LogP contribution in [0.5, 0.6) is 11.5 Å². The molecule has 0 bridgehead atoms. The second-order valence-corrected chi connectivity index (χ2v) is 5.14. The lowest BCUT2D eigenvalue weighted by molar-refractivity contribution is 0.354. The largest absolute Gasteiger partial charge is 0.504 e. The molecule has 0 aliphatic carbocycles. The van der Waals surface area contributed by atoms with Gasteiger partial charge in [-0.2, -0.15) is 0 Å². The highest BCUT2D eigenvalue weighted by molar-refractivity contribution is 6.30. The predicted octanol–water partition coefficient (Wildman–Crippen LogP) is 3.33. The Morgan fingerprint density at radius 3 is 2.59 bits per heavy atom. The van der Waals surface area contributed by atoms with E-state index in [9.17, 15) is 5.11 Å². The van der Waals surface area contributed by atoms with Crippen LogP contribution in [0.4, 0.5) is 0 Å². The third kappa shape index (κ3) is 3.79. The molecule has 0 atom stereocenters. The van der Waals surface area contributed by atoms with Gasteiger partial charge in [-0.05, 0) is 26.3 Å². The van der Waals surface area contributed by atoms with Gasteiger partial charge in [0.1, 0.15) is 0 Å². The number of phenolic OH excluding ortho intramolecular Hbond substituents is 1. The van der Waals surface area contributed by atoms with E-state index in [2.05, 4.69) is 26.1 Å². The summed E-state index contributed by atoms with van der Waals surface area (Å²) in [7, 11) is 1.51. The maximum atomic E-state index is 9.96. The fourth-order valence-electron chi connectivity index (χ4n) is 1.38. The van der Waals surface area contributed by atoms with E-state index in [1.54, 1.807) is 12.1 Å². The first-order valence-electron chi connectivity index (χ1n) is 5.70. The number of nitrogens with one attached hydrogen (secondary N) is 1.